The number of hydrogen-bond donors (Lipinski definition) is 12. The number of methoxy groups -OCH3 is 1. The summed E-state index contributed by atoms with van der Waals surface area (Å²) in [5.41, 5.74) is 7.33. The van der Waals surface area contributed by atoms with E-state index >= 15 is 0 Å². The van der Waals surface area contributed by atoms with Crippen LogP contribution < -0.4 is 36.6 Å². The van der Waals surface area contributed by atoms with E-state index < -0.39 is 23.6 Å². The van der Waals surface area contributed by atoms with Crippen molar-refractivity contribution in [1.82, 2.24) is 0 Å². The van der Waals surface area contributed by atoms with Gasteiger partial charge in [0.15, 0.2) is 0 Å². The molecule has 12 rings (SSSR count). The summed E-state index contributed by atoms with van der Waals surface area (Å²) in [7, 11) is 1.55. The second kappa shape index (κ2) is 42.8. The Morgan fingerprint density at radius 3 is 0.946 bits per heavy atom. The molecule has 0 aromatic heterocycles. The molecule has 566 valence electrons. The fraction of sp³-hybridized carbons (Fsp3) is 0.0476. The molecular formula is C84H66BrCl7N6O13. The Morgan fingerprint density at radius 1 is 0.342 bits per heavy atom. The lowest BCUT2D eigenvalue weighted by atomic mass is 10.1. The van der Waals surface area contributed by atoms with Gasteiger partial charge in [0, 0.05) is 85.4 Å². The lowest BCUT2D eigenvalue weighted by Gasteiger charge is -2.08. The minimum Gasteiger partial charge on any atom is -0.507 e. The molecule has 19 nitrogen and oxygen atoms in total. The lowest BCUT2D eigenvalue weighted by Crippen LogP contribution is -2.12. The number of halogens is 8. The number of nitrogens with one attached hydrogen (secondary N) is 6. The van der Waals surface area contributed by atoms with E-state index in [0.717, 1.165) is 22.0 Å². The predicted octanol–water partition coefficient (Wildman–Crippen LogP) is 22.1. The molecule has 12 N–H and O–H groups in total. The zero-order valence-electron chi connectivity index (χ0n) is 58.6. The number of carbonyl (C=O) groups excluding carboxylic acids is 6. The highest BCUT2D eigenvalue weighted by atomic mass is 79.9. The highest BCUT2D eigenvalue weighted by Crippen LogP contribution is 2.30. The van der Waals surface area contributed by atoms with Crippen molar-refractivity contribution in [2.75, 3.05) is 39.0 Å². The molecule has 0 atom stereocenters. The molecule has 0 heterocycles. The minimum absolute atomic E-state index is 0.0893. The summed E-state index contributed by atoms with van der Waals surface area (Å²) >= 11 is 43.9. The summed E-state index contributed by atoms with van der Waals surface area (Å²) < 4.78 is 5.92. The summed E-state index contributed by atoms with van der Waals surface area (Å²) in [4.78, 5) is 71.9. The number of benzene rings is 12. The van der Waals surface area contributed by atoms with Crippen LogP contribution in [-0.2, 0) is 6.42 Å². The van der Waals surface area contributed by atoms with Gasteiger partial charge in [-0.15, -0.1) is 6.42 Å². The molecule has 0 aliphatic heterocycles. The van der Waals surface area contributed by atoms with E-state index in [1.165, 1.54) is 109 Å². The Labute approximate surface area is 682 Å². The summed E-state index contributed by atoms with van der Waals surface area (Å²) in [6.07, 6.45) is 6.18. The number of aryl methyl sites for hydroxylation is 2. The van der Waals surface area contributed by atoms with Crippen LogP contribution in [0.1, 0.15) is 85.8 Å². The normalized spacial score (nSPS) is 10.0. The molecule has 27 heteroatoms. The molecule has 0 saturated heterocycles. The largest absolute Gasteiger partial charge is 0.507 e. The quantitative estimate of drug-likeness (QED) is 0.0451. The molecule has 0 spiro atoms. The SMILES string of the molecule is C#Cc1cccc(NC(=O)c2cc(Cl)ccc2O)c1.CCc1cccc(NC(=O)c2cc(Cl)ccc2O)c1.COc1cccc(NC(=O)c2cc(Cl)ccc2O)c1.Cc1cccc(NC(=O)c2cc(Cl)ccc2O)c1.O=C(Nc1cccc(Br)c1)c1cc(Cl)ccc1O.O=C(Nc1cccc(Cl)c1)c1cc(Cl)ccc1O. The summed E-state index contributed by atoms with van der Waals surface area (Å²) in [5, 5.41) is 76.7. The summed E-state index contributed by atoms with van der Waals surface area (Å²) in [6.45, 7) is 3.98. The molecule has 0 saturated carbocycles. The Hall–Kier alpha value is -11.9. The van der Waals surface area contributed by atoms with E-state index in [9.17, 15) is 59.4 Å². The van der Waals surface area contributed by atoms with Crippen molar-refractivity contribution >= 4 is 167 Å². The van der Waals surface area contributed by atoms with E-state index in [1.807, 2.05) is 56.3 Å². The monoisotopic (exact) mass is 1690 g/mol. The lowest BCUT2D eigenvalue weighted by molar-refractivity contribution is 0.101. The van der Waals surface area contributed by atoms with Crippen LogP contribution in [-0.4, -0.2) is 73.2 Å². The Kier molecular flexibility index (Phi) is 33.3. The third-order valence-electron chi connectivity index (χ3n) is 14.9. The first-order valence-electron chi connectivity index (χ1n) is 32.6. The molecule has 0 unspecified atom stereocenters. The van der Waals surface area contributed by atoms with Gasteiger partial charge in [0.2, 0.25) is 0 Å². The second-order valence-electron chi connectivity index (χ2n) is 23.1. The molecule has 6 amide bonds. The number of phenolic OH excluding ortho intramolecular Hbond substituents is 6. The molecular weight excluding hydrogens is 1630 g/mol. The Balaban J connectivity index is 0.000000185. The van der Waals surface area contributed by atoms with E-state index in [2.05, 4.69) is 53.8 Å². The van der Waals surface area contributed by atoms with Gasteiger partial charge < -0.3 is 67.3 Å². The van der Waals surface area contributed by atoms with Gasteiger partial charge in [-0.3, -0.25) is 28.8 Å². The molecule has 0 aliphatic carbocycles. The number of rotatable bonds is 14. The van der Waals surface area contributed by atoms with Crippen LogP contribution in [0.25, 0.3) is 0 Å². The van der Waals surface area contributed by atoms with E-state index in [-0.39, 0.29) is 79.7 Å². The molecule has 0 fully saturated rings. The van der Waals surface area contributed by atoms with Crippen molar-refractivity contribution in [1.29, 1.82) is 0 Å². The molecule has 111 heavy (non-hydrogen) atoms. The number of amides is 6. The first kappa shape index (κ1) is 86.4. The van der Waals surface area contributed by atoms with Gasteiger partial charge in [-0.25, -0.2) is 0 Å². The van der Waals surface area contributed by atoms with Gasteiger partial charge in [0.25, 0.3) is 35.4 Å². The van der Waals surface area contributed by atoms with Crippen LogP contribution in [0.3, 0.4) is 0 Å². The average Bonchev–Trinajstić information content (AvgIpc) is 0.869. The molecule has 0 bridgehead atoms. The topological polar surface area (TPSA) is 305 Å². The highest BCUT2D eigenvalue weighted by Gasteiger charge is 2.18. The maximum atomic E-state index is 12.1. The predicted molar refractivity (Wildman–Crippen MR) is 446 cm³/mol. The van der Waals surface area contributed by atoms with Gasteiger partial charge in [0.05, 0.1) is 40.5 Å². The van der Waals surface area contributed by atoms with Crippen LogP contribution in [0.2, 0.25) is 35.2 Å². The van der Waals surface area contributed by atoms with Crippen molar-refractivity contribution in [3.05, 3.63) is 344 Å². The average molecular weight is 1700 g/mol. The molecule has 0 aliphatic rings. The number of terminal acetylenes is 1. The number of ether oxygens (including phenoxy) is 1. The van der Waals surface area contributed by atoms with Gasteiger partial charge >= 0.3 is 0 Å². The number of aromatic hydroxyl groups is 6. The minimum atomic E-state index is -0.450. The van der Waals surface area contributed by atoms with Crippen LogP contribution in [0.15, 0.2) is 259 Å². The van der Waals surface area contributed by atoms with Gasteiger partial charge in [-0.1, -0.05) is 159 Å². The first-order valence-corrected chi connectivity index (χ1v) is 36.1. The molecule has 12 aromatic carbocycles. The van der Waals surface area contributed by atoms with Crippen LogP contribution in [0.4, 0.5) is 34.1 Å². The van der Waals surface area contributed by atoms with Crippen molar-refractivity contribution in [2.45, 2.75) is 20.3 Å². The Bertz CT molecular complexity index is 5040. The fourth-order valence-corrected chi connectivity index (χ4v) is 11.1. The zero-order valence-corrected chi connectivity index (χ0v) is 65.5. The summed E-state index contributed by atoms with van der Waals surface area (Å²) in [5.74, 6) is -0.0640. The third kappa shape index (κ3) is 27.9. The number of carbonyl (C=O) groups is 6. The molecule has 12 aromatic rings. The van der Waals surface area contributed by atoms with E-state index in [0.29, 0.717) is 80.6 Å². The van der Waals surface area contributed by atoms with Crippen LogP contribution in [0.5, 0.6) is 40.2 Å². The number of hydrogen-bond acceptors (Lipinski definition) is 13. The van der Waals surface area contributed by atoms with Gasteiger partial charge in [0.1, 0.15) is 40.2 Å². The van der Waals surface area contributed by atoms with Crippen molar-refractivity contribution in [3.8, 4) is 52.6 Å². The van der Waals surface area contributed by atoms with Crippen molar-refractivity contribution < 1.29 is 64.1 Å². The standard InChI is InChI=1S/C15H14ClNO2.C15H10ClNO2.C14H12ClNO3.C14H12ClNO2.C13H9BrClNO2.C13H9Cl2NO2/c2*1-2-10-4-3-5-12(8-10)17-15(19)13-9-11(16)6-7-14(13)18;1-19-11-4-2-3-10(8-11)16-14(18)12-7-9(15)5-6-13(12)17;1-9-3-2-4-11(7-9)16-14(18)12-8-10(15)5-6-13(12)17;2*14-8-2-1-3-10(6-8)16-13(18)11-7-9(15)4-5-12(11)17/h3-9,18H,2H2,1H3,(H,17,19);1,3-9,18H,(H,17,19);2-8,17H,1H3,(H,16,18);2-8,17H,1H3,(H,16,18);2*1-7,17H,(H,16,18). The van der Waals surface area contributed by atoms with E-state index in [4.69, 9.17) is 92.4 Å². The first-order chi connectivity index (χ1) is 53.0. The number of phenols is 6. The Morgan fingerprint density at radius 2 is 0.622 bits per heavy atom. The third-order valence-corrected chi connectivity index (χ3v) is 17.0. The molecule has 0 radical (unpaired) electrons. The summed E-state index contributed by atoms with van der Waals surface area (Å²) in [6, 6.07) is 68.6. The zero-order chi connectivity index (χ0) is 80.8. The maximum absolute atomic E-state index is 12.1. The van der Waals surface area contributed by atoms with Crippen molar-refractivity contribution in [2.24, 2.45) is 0 Å². The fourth-order valence-electron chi connectivity index (χ4n) is 9.44. The second-order valence-corrected chi connectivity index (χ2v) is 27.1. The smallest absolute Gasteiger partial charge is 0.259 e. The van der Waals surface area contributed by atoms with Gasteiger partial charge in [-0.2, -0.15) is 0 Å². The van der Waals surface area contributed by atoms with Gasteiger partial charge in [-0.05, 0) is 225 Å². The maximum Gasteiger partial charge on any atom is 0.259 e. The van der Waals surface area contributed by atoms with Crippen LogP contribution in [0, 0.1) is 19.3 Å². The van der Waals surface area contributed by atoms with Crippen LogP contribution >= 0.6 is 97.1 Å². The van der Waals surface area contributed by atoms with E-state index in [1.54, 1.807) is 110 Å². The highest BCUT2D eigenvalue weighted by molar-refractivity contribution is 9.10. The van der Waals surface area contributed by atoms with Crippen molar-refractivity contribution in [3.63, 3.8) is 0 Å². The number of anilines is 6.